The van der Waals surface area contributed by atoms with Gasteiger partial charge >= 0.3 is 0 Å². The van der Waals surface area contributed by atoms with Gasteiger partial charge in [-0.1, -0.05) is 35.6 Å². The van der Waals surface area contributed by atoms with E-state index in [0.717, 1.165) is 31.3 Å². The molecule has 3 heterocycles. The molecule has 1 atom stereocenters. The van der Waals surface area contributed by atoms with Gasteiger partial charge < -0.3 is 31.1 Å². The molecule has 0 spiro atoms. The van der Waals surface area contributed by atoms with Crippen molar-refractivity contribution >= 4 is 56.7 Å². The summed E-state index contributed by atoms with van der Waals surface area (Å²) in [5.41, 5.74) is 1.33. The van der Waals surface area contributed by atoms with Gasteiger partial charge in [0.2, 0.25) is 16.2 Å². The molecule has 1 fully saturated rings. The van der Waals surface area contributed by atoms with Gasteiger partial charge in [0.25, 0.3) is 5.91 Å². The number of piperazine rings is 1. The fourth-order valence-electron chi connectivity index (χ4n) is 3.20. The number of rotatable bonds is 7. The number of likely N-dealkylation sites (N-methyl/N-ethyl adjacent to an activating group) is 1. The van der Waals surface area contributed by atoms with E-state index in [0.29, 0.717) is 21.5 Å². The summed E-state index contributed by atoms with van der Waals surface area (Å²) in [4.78, 5) is 20.7. The minimum atomic E-state index is -1.14. The first kappa shape index (κ1) is 22.1. The molecule has 0 bridgehead atoms. The van der Waals surface area contributed by atoms with Gasteiger partial charge in [0.1, 0.15) is 0 Å². The van der Waals surface area contributed by atoms with Crippen LogP contribution in [0.3, 0.4) is 0 Å². The number of allylic oxidation sites excluding steroid dienone is 1. The Morgan fingerprint density at radius 1 is 1.25 bits per heavy atom. The summed E-state index contributed by atoms with van der Waals surface area (Å²) in [7, 11) is 2.11. The molecule has 10 nitrogen and oxygen atoms in total. The Bertz CT molecular complexity index is 1050. The molecule has 0 aliphatic carbocycles. The molecule has 2 aliphatic rings. The van der Waals surface area contributed by atoms with Crippen molar-refractivity contribution in [3.8, 4) is 0 Å². The summed E-state index contributed by atoms with van der Waals surface area (Å²) in [6, 6.07) is 7.26. The molecule has 2 aliphatic heterocycles. The molecule has 1 amide bonds. The molecule has 168 valence electrons. The molecular weight excluding hydrogens is 450 g/mol. The predicted molar refractivity (Wildman–Crippen MR) is 130 cm³/mol. The Morgan fingerprint density at radius 2 is 2.03 bits per heavy atom. The Labute approximate surface area is 195 Å². The lowest BCUT2D eigenvalue weighted by molar-refractivity contribution is -0.111. The molecule has 0 radical (unpaired) electrons. The van der Waals surface area contributed by atoms with Gasteiger partial charge in [-0.3, -0.25) is 4.79 Å². The zero-order chi connectivity index (χ0) is 22.6. The molecule has 0 saturated carbocycles. The number of halogens is 1. The number of amides is 1. The van der Waals surface area contributed by atoms with Crippen LogP contribution in [0.25, 0.3) is 0 Å². The van der Waals surface area contributed by atoms with Crippen molar-refractivity contribution in [2.24, 2.45) is 4.99 Å². The largest absolute Gasteiger partial charge is 0.344 e. The van der Waals surface area contributed by atoms with E-state index < -0.39 is 5.91 Å². The highest BCUT2D eigenvalue weighted by molar-refractivity contribution is 7.19. The van der Waals surface area contributed by atoms with Crippen molar-refractivity contribution in [3.63, 3.8) is 0 Å². The van der Waals surface area contributed by atoms with Crippen molar-refractivity contribution in [1.82, 2.24) is 20.4 Å². The number of anilines is 4. The van der Waals surface area contributed by atoms with Crippen LogP contribution in [0, 0.1) is 0 Å². The number of nitrogens with zero attached hydrogens (tertiary/aromatic N) is 5. The third kappa shape index (κ3) is 5.36. The molecule has 2 aromatic rings. The average Bonchev–Trinajstić information content (AvgIpc) is 3.24. The van der Waals surface area contributed by atoms with E-state index in [2.05, 4.69) is 59.9 Å². The fourth-order valence-corrected chi connectivity index (χ4v) is 4.15. The molecule has 1 saturated heterocycles. The monoisotopic (exact) mass is 473 g/mol. The molecule has 4 rings (SSSR count). The number of benzene rings is 1. The van der Waals surface area contributed by atoms with Gasteiger partial charge in [0, 0.05) is 50.0 Å². The number of carbonyl (C=O) groups excluding carboxylic acids is 1. The van der Waals surface area contributed by atoms with Crippen molar-refractivity contribution in [3.05, 3.63) is 48.2 Å². The van der Waals surface area contributed by atoms with Crippen LogP contribution in [0.4, 0.5) is 21.6 Å². The Balaban J connectivity index is 1.52. The summed E-state index contributed by atoms with van der Waals surface area (Å²) >= 11 is 7.52. The Morgan fingerprint density at radius 3 is 2.75 bits per heavy atom. The standard InChI is InChI=1S/C20H24ClN9OS/c1-3-17(31)24-15-5-4-6-16(11-15)25-20(22-12-14(21)13-23-20)26-18-27-28-19(32-18)30-9-7-29(2)8-10-30/h3-6,11-13,22,25H,1,7-10H2,2H3,(H,24,31)(H,26,27). The normalized spacial score (nSPS) is 20.8. The lowest BCUT2D eigenvalue weighted by Crippen LogP contribution is -2.56. The maximum Gasteiger partial charge on any atom is 0.289 e. The topological polar surface area (TPSA) is 110 Å². The van der Waals surface area contributed by atoms with Crippen molar-refractivity contribution in [2.45, 2.75) is 5.91 Å². The van der Waals surface area contributed by atoms with Gasteiger partial charge in [0.05, 0.1) is 5.03 Å². The lowest BCUT2D eigenvalue weighted by Gasteiger charge is -2.34. The number of aromatic nitrogens is 2. The maximum absolute atomic E-state index is 11.6. The highest BCUT2D eigenvalue weighted by atomic mass is 35.5. The number of carbonyl (C=O) groups is 1. The minimum absolute atomic E-state index is 0.288. The van der Waals surface area contributed by atoms with Crippen LogP contribution in [0.1, 0.15) is 0 Å². The van der Waals surface area contributed by atoms with E-state index in [-0.39, 0.29) is 5.91 Å². The minimum Gasteiger partial charge on any atom is -0.344 e. The molecular formula is C20H24ClN9OS. The maximum atomic E-state index is 11.6. The summed E-state index contributed by atoms with van der Waals surface area (Å²) in [6.07, 6.45) is 4.40. The van der Waals surface area contributed by atoms with Gasteiger partial charge in [-0.2, -0.15) is 0 Å². The third-order valence-corrected chi connectivity index (χ3v) is 6.02. The van der Waals surface area contributed by atoms with E-state index in [1.165, 1.54) is 17.4 Å². The van der Waals surface area contributed by atoms with Gasteiger partial charge in [-0.15, -0.1) is 10.2 Å². The zero-order valence-corrected chi connectivity index (χ0v) is 19.1. The van der Waals surface area contributed by atoms with Crippen LogP contribution in [0.15, 0.2) is 53.1 Å². The van der Waals surface area contributed by atoms with E-state index in [1.807, 2.05) is 12.1 Å². The second-order valence-electron chi connectivity index (χ2n) is 7.35. The number of hydrogen-bond donors (Lipinski definition) is 4. The quantitative estimate of drug-likeness (QED) is 0.358. The molecule has 1 aromatic heterocycles. The summed E-state index contributed by atoms with van der Waals surface area (Å²) < 4.78 is 0. The Hall–Kier alpha value is -3.15. The van der Waals surface area contributed by atoms with Crippen molar-refractivity contribution < 1.29 is 4.79 Å². The van der Waals surface area contributed by atoms with E-state index in [1.54, 1.807) is 24.5 Å². The average molecular weight is 474 g/mol. The second kappa shape index (κ2) is 9.55. The molecule has 1 aromatic carbocycles. The van der Waals surface area contributed by atoms with Crippen molar-refractivity contribution in [1.29, 1.82) is 0 Å². The number of aliphatic imine (C=N–C) groups is 1. The smallest absolute Gasteiger partial charge is 0.289 e. The molecule has 32 heavy (non-hydrogen) atoms. The first-order valence-electron chi connectivity index (χ1n) is 10.0. The van der Waals surface area contributed by atoms with Crippen LogP contribution >= 0.6 is 22.9 Å². The predicted octanol–water partition coefficient (Wildman–Crippen LogP) is 2.30. The highest BCUT2D eigenvalue weighted by Gasteiger charge is 2.32. The highest BCUT2D eigenvalue weighted by Crippen LogP contribution is 2.29. The fraction of sp³-hybridized carbons (Fsp3) is 0.300. The number of nitrogens with one attached hydrogen (secondary N) is 4. The van der Waals surface area contributed by atoms with Crippen molar-refractivity contribution in [2.75, 3.05) is 54.1 Å². The van der Waals surface area contributed by atoms with Crippen LogP contribution in [0.5, 0.6) is 0 Å². The first-order chi connectivity index (χ1) is 15.4. The zero-order valence-electron chi connectivity index (χ0n) is 17.5. The first-order valence-corrected chi connectivity index (χ1v) is 11.2. The van der Waals surface area contributed by atoms with Gasteiger partial charge in [-0.05, 0) is 31.3 Å². The van der Waals surface area contributed by atoms with Crippen LogP contribution in [-0.2, 0) is 4.79 Å². The molecule has 1 unspecified atom stereocenters. The van der Waals surface area contributed by atoms with E-state index in [9.17, 15) is 4.79 Å². The number of hydrogen-bond acceptors (Lipinski definition) is 10. The molecule has 12 heteroatoms. The summed E-state index contributed by atoms with van der Waals surface area (Å²) in [5, 5.41) is 23.1. The van der Waals surface area contributed by atoms with Crippen LogP contribution < -0.4 is 26.2 Å². The summed E-state index contributed by atoms with van der Waals surface area (Å²) in [6.45, 7) is 7.27. The van der Waals surface area contributed by atoms with E-state index >= 15 is 0 Å². The van der Waals surface area contributed by atoms with Crippen LogP contribution in [-0.4, -0.2) is 66.4 Å². The van der Waals surface area contributed by atoms with Gasteiger partial charge in [0.15, 0.2) is 0 Å². The molecule has 4 N–H and O–H groups in total. The lowest BCUT2D eigenvalue weighted by atomic mass is 10.2. The van der Waals surface area contributed by atoms with Gasteiger partial charge in [-0.25, -0.2) is 4.99 Å². The van der Waals surface area contributed by atoms with Crippen LogP contribution in [0.2, 0.25) is 0 Å². The Kier molecular flexibility index (Phi) is 6.58. The van der Waals surface area contributed by atoms with E-state index in [4.69, 9.17) is 11.6 Å². The summed E-state index contributed by atoms with van der Waals surface area (Å²) in [5.74, 6) is -1.43. The third-order valence-electron chi connectivity index (χ3n) is 4.92. The SMILES string of the molecule is C=CC(=O)Nc1cccc(NC2(Nc3nnc(N4CCN(C)CC4)s3)N=CC(Cl)=CN2)c1. The second-order valence-corrected chi connectivity index (χ2v) is 8.74.